The predicted octanol–water partition coefficient (Wildman–Crippen LogP) is 5.59. The third-order valence-electron chi connectivity index (χ3n) is 7.16. The number of rotatable bonds is 15. The summed E-state index contributed by atoms with van der Waals surface area (Å²) in [6, 6.07) is 28.4. The summed E-state index contributed by atoms with van der Waals surface area (Å²) >= 11 is 0. The number of benzene rings is 4. The molecule has 4 aromatic rings. The normalized spacial score (nSPS) is 11.8. The van der Waals surface area contributed by atoms with Crippen molar-refractivity contribution >= 4 is 27.5 Å². The Balaban J connectivity index is 1.79. The summed E-state index contributed by atoms with van der Waals surface area (Å²) in [5.41, 5.74) is 1.23. The lowest BCUT2D eigenvalue weighted by molar-refractivity contribution is -0.140. The Morgan fingerprint density at radius 3 is 2.09 bits per heavy atom. The first kappa shape index (κ1) is 33.2. The lowest BCUT2D eigenvalue weighted by atomic mass is 10.0. The van der Waals surface area contributed by atoms with Crippen molar-refractivity contribution in [1.82, 2.24) is 10.2 Å². The third-order valence-corrected chi connectivity index (χ3v) is 8.95. The van der Waals surface area contributed by atoms with E-state index in [4.69, 9.17) is 4.74 Å². The first-order valence-corrected chi connectivity index (χ1v) is 16.3. The van der Waals surface area contributed by atoms with Crippen molar-refractivity contribution in [1.29, 1.82) is 0 Å². The number of ether oxygens (including phenoxy) is 1. The second-order valence-electron chi connectivity index (χ2n) is 10.4. The van der Waals surface area contributed by atoms with Crippen molar-refractivity contribution in [2.75, 3.05) is 24.0 Å². The molecule has 10 heteroatoms. The molecule has 4 aromatic carbocycles. The van der Waals surface area contributed by atoms with Gasteiger partial charge in [-0.3, -0.25) is 13.9 Å². The number of carbonyl (C=O) groups is 2. The summed E-state index contributed by atoms with van der Waals surface area (Å²) in [5.74, 6) is -1.08. The number of anilines is 1. The zero-order chi connectivity index (χ0) is 32.2. The minimum atomic E-state index is -4.24. The average Bonchev–Trinajstić information content (AvgIpc) is 3.06. The predicted molar refractivity (Wildman–Crippen MR) is 173 cm³/mol. The molecule has 0 aliphatic carbocycles. The van der Waals surface area contributed by atoms with Crippen LogP contribution in [0.3, 0.4) is 0 Å². The minimum absolute atomic E-state index is 0.00568. The zero-order valence-electron chi connectivity index (χ0n) is 25.4. The van der Waals surface area contributed by atoms with Crippen molar-refractivity contribution in [2.45, 2.75) is 44.2 Å². The second-order valence-corrected chi connectivity index (χ2v) is 12.2. The van der Waals surface area contributed by atoms with Gasteiger partial charge in [0.05, 0.1) is 17.2 Å². The minimum Gasteiger partial charge on any atom is -0.494 e. The molecule has 0 fully saturated rings. The standard InChI is InChI=1S/C35H38FN3O5S/c1-3-23-37-35(41)33(24-27-13-7-5-8-14-27)38(25-28-15-11-12-18-32(28)36)34(40)26-39(29-19-21-30(22-20-29)44-4-2)45(42,43)31-16-9-6-10-17-31/h5-22,33H,3-4,23-26H2,1-2H3,(H,37,41)/t33-/m0/s1. The van der Waals surface area contributed by atoms with Crippen LogP contribution in [0.2, 0.25) is 0 Å². The Morgan fingerprint density at radius 1 is 0.844 bits per heavy atom. The van der Waals surface area contributed by atoms with Gasteiger partial charge in [0.2, 0.25) is 11.8 Å². The van der Waals surface area contributed by atoms with E-state index in [1.165, 1.54) is 23.1 Å². The molecule has 0 aromatic heterocycles. The smallest absolute Gasteiger partial charge is 0.264 e. The maximum Gasteiger partial charge on any atom is 0.264 e. The van der Waals surface area contributed by atoms with Crippen LogP contribution in [-0.2, 0) is 32.6 Å². The number of amides is 2. The Hall–Kier alpha value is -4.70. The van der Waals surface area contributed by atoms with E-state index < -0.39 is 40.2 Å². The second kappa shape index (κ2) is 15.9. The topological polar surface area (TPSA) is 96.0 Å². The van der Waals surface area contributed by atoms with E-state index in [0.29, 0.717) is 25.3 Å². The molecule has 8 nitrogen and oxygen atoms in total. The fourth-order valence-electron chi connectivity index (χ4n) is 4.85. The van der Waals surface area contributed by atoms with E-state index in [9.17, 15) is 22.4 Å². The lowest BCUT2D eigenvalue weighted by Crippen LogP contribution is -2.53. The van der Waals surface area contributed by atoms with Gasteiger partial charge >= 0.3 is 0 Å². The molecular formula is C35H38FN3O5S. The van der Waals surface area contributed by atoms with Gasteiger partial charge in [-0.1, -0.05) is 73.7 Å². The Labute approximate surface area is 264 Å². The number of hydrogen-bond acceptors (Lipinski definition) is 5. The molecule has 1 N–H and O–H groups in total. The van der Waals surface area contributed by atoms with Crippen molar-refractivity contribution in [3.8, 4) is 5.75 Å². The first-order valence-electron chi connectivity index (χ1n) is 14.9. The molecule has 4 rings (SSSR count). The molecule has 2 amide bonds. The molecule has 45 heavy (non-hydrogen) atoms. The number of nitrogens with zero attached hydrogens (tertiary/aromatic N) is 2. The number of sulfonamides is 1. The molecular weight excluding hydrogens is 593 g/mol. The Bertz CT molecular complexity index is 1650. The van der Waals surface area contributed by atoms with Gasteiger partial charge in [0, 0.05) is 25.1 Å². The van der Waals surface area contributed by atoms with Crippen LogP contribution in [0.15, 0.2) is 114 Å². The molecule has 0 unspecified atom stereocenters. The summed E-state index contributed by atoms with van der Waals surface area (Å²) in [4.78, 5) is 29.3. The van der Waals surface area contributed by atoms with Gasteiger partial charge in [0.1, 0.15) is 24.2 Å². The van der Waals surface area contributed by atoms with Crippen molar-refractivity contribution in [3.05, 3.63) is 126 Å². The van der Waals surface area contributed by atoms with Crippen LogP contribution in [0.25, 0.3) is 0 Å². The molecule has 0 heterocycles. The van der Waals surface area contributed by atoms with Crippen LogP contribution in [0, 0.1) is 5.82 Å². The molecule has 0 radical (unpaired) electrons. The van der Waals surface area contributed by atoms with Gasteiger partial charge in [0.25, 0.3) is 10.0 Å². The summed E-state index contributed by atoms with van der Waals surface area (Å²) < 4.78 is 49.6. The van der Waals surface area contributed by atoms with Crippen LogP contribution in [0.4, 0.5) is 10.1 Å². The van der Waals surface area contributed by atoms with Crippen LogP contribution >= 0.6 is 0 Å². The van der Waals surface area contributed by atoms with Gasteiger partial charge in [-0.25, -0.2) is 12.8 Å². The summed E-state index contributed by atoms with van der Waals surface area (Å²) in [5, 5.41) is 2.88. The molecule has 0 saturated carbocycles. The molecule has 0 bridgehead atoms. The Morgan fingerprint density at radius 2 is 1.47 bits per heavy atom. The van der Waals surface area contributed by atoms with E-state index in [1.807, 2.05) is 44.2 Å². The molecule has 0 saturated heterocycles. The molecule has 0 spiro atoms. The quantitative estimate of drug-likeness (QED) is 0.185. The summed E-state index contributed by atoms with van der Waals surface area (Å²) in [6.07, 6.45) is 0.816. The van der Waals surface area contributed by atoms with Gasteiger partial charge < -0.3 is 15.0 Å². The number of nitrogens with one attached hydrogen (secondary N) is 1. The van der Waals surface area contributed by atoms with E-state index in [-0.39, 0.29) is 29.1 Å². The van der Waals surface area contributed by atoms with Crippen molar-refractivity contribution < 1.29 is 27.1 Å². The Kier molecular flexibility index (Phi) is 11.7. The van der Waals surface area contributed by atoms with Crippen LogP contribution < -0.4 is 14.4 Å². The van der Waals surface area contributed by atoms with Crippen LogP contribution in [0.1, 0.15) is 31.4 Å². The average molecular weight is 632 g/mol. The molecule has 236 valence electrons. The van der Waals surface area contributed by atoms with Gasteiger partial charge in [-0.05, 0) is 61.4 Å². The summed E-state index contributed by atoms with van der Waals surface area (Å²) in [6.45, 7) is 3.69. The van der Waals surface area contributed by atoms with E-state index in [0.717, 1.165) is 9.87 Å². The van der Waals surface area contributed by atoms with E-state index in [2.05, 4.69) is 5.32 Å². The van der Waals surface area contributed by atoms with Gasteiger partial charge in [-0.2, -0.15) is 0 Å². The maximum absolute atomic E-state index is 15.0. The first-order chi connectivity index (χ1) is 21.7. The maximum atomic E-state index is 15.0. The van der Waals surface area contributed by atoms with Gasteiger partial charge in [-0.15, -0.1) is 0 Å². The molecule has 0 aliphatic heterocycles. The number of carbonyl (C=O) groups excluding carboxylic acids is 2. The number of halogens is 1. The fraction of sp³-hybridized carbons (Fsp3) is 0.257. The van der Waals surface area contributed by atoms with Crippen LogP contribution in [0.5, 0.6) is 5.75 Å². The molecule has 0 aliphatic rings. The zero-order valence-corrected chi connectivity index (χ0v) is 26.3. The van der Waals surface area contributed by atoms with Gasteiger partial charge in [0.15, 0.2) is 0 Å². The number of hydrogen-bond donors (Lipinski definition) is 1. The fourth-order valence-corrected chi connectivity index (χ4v) is 6.29. The highest BCUT2D eigenvalue weighted by Crippen LogP contribution is 2.27. The van der Waals surface area contributed by atoms with Crippen LogP contribution in [-0.4, -0.2) is 50.9 Å². The highest BCUT2D eigenvalue weighted by molar-refractivity contribution is 7.92. The largest absolute Gasteiger partial charge is 0.494 e. The summed E-state index contributed by atoms with van der Waals surface area (Å²) in [7, 11) is -4.24. The lowest BCUT2D eigenvalue weighted by Gasteiger charge is -2.34. The highest BCUT2D eigenvalue weighted by Gasteiger charge is 2.35. The SMILES string of the molecule is CCCNC(=O)[C@H](Cc1ccccc1)N(Cc1ccccc1F)C(=O)CN(c1ccc(OCC)cc1)S(=O)(=O)c1ccccc1. The van der Waals surface area contributed by atoms with E-state index in [1.54, 1.807) is 60.7 Å². The molecule has 1 atom stereocenters. The van der Waals surface area contributed by atoms with Crippen molar-refractivity contribution in [3.63, 3.8) is 0 Å². The van der Waals surface area contributed by atoms with E-state index >= 15 is 0 Å². The monoisotopic (exact) mass is 631 g/mol. The van der Waals surface area contributed by atoms with Crippen molar-refractivity contribution in [2.24, 2.45) is 0 Å². The highest BCUT2D eigenvalue weighted by atomic mass is 32.2. The third kappa shape index (κ3) is 8.69.